The maximum Gasteiger partial charge on any atom is 0.164 e. The van der Waals surface area contributed by atoms with Crippen LogP contribution in [0.15, 0.2) is 48.5 Å². The van der Waals surface area contributed by atoms with Crippen molar-refractivity contribution in [3.8, 4) is 0 Å². The first kappa shape index (κ1) is 17.9. The molecular weight excluding hydrogens is 351 g/mol. The first-order valence-corrected chi connectivity index (χ1v) is 10.5. The van der Waals surface area contributed by atoms with Gasteiger partial charge in [-0.3, -0.25) is 9.69 Å². The summed E-state index contributed by atoms with van der Waals surface area (Å²) < 4.78 is 13.2. The number of rotatable bonds is 2. The summed E-state index contributed by atoms with van der Waals surface area (Å²) in [5.41, 5.74) is 3.48. The second kappa shape index (κ2) is 7.00. The first-order chi connectivity index (χ1) is 13.6. The lowest BCUT2D eigenvalue weighted by molar-refractivity contribution is 0.0908. The summed E-state index contributed by atoms with van der Waals surface area (Å²) in [6, 6.07) is 15.7. The van der Waals surface area contributed by atoms with Crippen molar-refractivity contribution in [3.63, 3.8) is 0 Å². The van der Waals surface area contributed by atoms with Gasteiger partial charge in [-0.05, 0) is 55.5 Å². The van der Waals surface area contributed by atoms with Gasteiger partial charge < -0.3 is 4.90 Å². The second-order valence-electron chi connectivity index (χ2n) is 8.66. The fraction of sp³-hybridized carbons (Fsp3) is 0.458. The van der Waals surface area contributed by atoms with Gasteiger partial charge in [0.25, 0.3) is 0 Å². The minimum Gasteiger partial charge on any atom is -0.369 e. The molecule has 5 rings (SSSR count). The molecule has 1 saturated carbocycles. The maximum atomic E-state index is 13.2. The highest BCUT2D eigenvalue weighted by Gasteiger charge is 2.45. The van der Waals surface area contributed by atoms with Gasteiger partial charge in [0.15, 0.2) is 5.78 Å². The second-order valence-corrected chi connectivity index (χ2v) is 8.66. The van der Waals surface area contributed by atoms with Gasteiger partial charge in [0.2, 0.25) is 0 Å². The first-order valence-electron chi connectivity index (χ1n) is 10.5. The van der Waals surface area contributed by atoms with Gasteiger partial charge in [-0.25, -0.2) is 4.39 Å². The van der Waals surface area contributed by atoms with Crippen LogP contribution >= 0.6 is 0 Å². The summed E-state index contributed by atoms with van der Waals surface area (Å²) in [6.07, 6.45) is 5.31. The molecule has 0 aromatic heterocycles. The normalized spacial score (nSPS) is 28.0. The van der Waals surface area contributed by atoms with Crippen molar-refractivity contribution in [3.05, 3.63) is 65.5 Å². The van der Waals surface area contributed by atoms with Crippen LogP contribution in [-0.2, 0) is 5.41 Å². The third-order valence-corrected chi connectivity index (χ3v) is 7.23. The highest BCUT2D eigenvalue weighted by molar-refractivity contribution is 6.02. The van der Waals surface area contributed by atoms with Gasteiger partial charge in [0.1, 0.15) is 5.82 Å². The molecule has 0 radical (unpaired) electrons. The number of carbonyl (C=O) groups excluding carboxylic acids is 1. The number of anilines is 1. The Labute approximate surface area is 166 Å². The quantitative estimate of drug-likeness (QED) is 0.773. The molecule has 1 saturated heterocycles. The van der Waals surface area contributed by atoms with Gasteiger partial charge in [-0.15, -0.1) is 0 Å². The highest BCUT2D eigenvalue weighted by atomic mass is 19.1. The molecule has 146 valence electrons. The number of ketones is 1. The van der Waals surface area contributed by atoms with Crippen LogP contribution in [0.2, 0.25) is 0 Å². The predicted molar refractivity (Wildman–Crippen MR) is 110 cm³/mol. The van der Waals surface area contributed by atoms with Crippen molar-refractivity contribution in [2.45, 2.75) is 43.6 Å². The van der Waals surface area contributed by atoms with Gasteiger partial charge >= 0.3 is 0 Å². The fourth-order valence-corrected chi connectivity index (χ4v) is 5.65. The zero-order chi connectivity index (χ0) is 19.1. The highest BCUT2D eigenvalue weighted by Crippen LogP contribution is 2.49. The SMILES string of the molecule is O=C1CC2(CCC(N3CCN(c4ccc(F)cc4)CC3)CC2)c2ccccc21. The molecule has 0 bridgehead atoms. The Morgan fingerprint density at radius 2 is 1.57 bits per heavy atom. The van der Waals surface area contributed by atoms with Crippen LogP contribution in [0, 0.1) is 5.82 Å². The van der Waals surface area contributed by atoms with Gasteiger partial charge in [-0.2, -0.15) is 0 Å². The van der Waals surface area contributed by atoms with E-state index in [4.69, 9.17) is 0 Å². The van der Waals surface area contributed by atoms with E-state index >= 15 is 0 Å². The minimum atomic E-state index is -0.175. The van der Waals surface area contributed by atoms with E-state index in [0.717, 1.165) is 50.3 Å². The van der Waals surface area contributed by atoms with Crippen molar-refractivity contribution in [1.82, 2.24) is 4.90 Å². The third-order valence-electron chi connectivity index (χ3n) is 7.23. The van der Waals surface area contributed by atoms with E-state index in [-0.39, 0.29) is 11.2 Å². The molecule has 3 nitrogen and oxygen atoms in total. The van der Waals surface area contributed by atoms with E-state index < -0.39 is 0 Å². The number of Topliss-reactive ketones (excluding diaryl/α,β-unsaturated/α-hetero) is 1. The molecule has 2 aliphatic carbocycles. The van der Waals surface area contributed by atoms with Gasteiger partial charge in [0.05, 0.1) is 0 Å². The Balaban J connectivity index is 1.21. The molecule has 0 amide bonds. The van der Waals surface area contributed by atoms with Crippen LogP contribution < -0.4 is 4.90 Å². The smallest absolute Gasteiger partial charge is 0.164 e. The number of benzene rings is 2. The molecule has 1 aliphatic heterocycles. The summed E-state index contributed by atoms with van der Waals surface area (Å²) in [5.74, 6) is 0.160. The van der Waals surface area contributed by atoms with E-state index in [9.17, 15) is 9.18 Å². The molecule has 1 heterocycles. The van der Waals surface area contributed by atoms with Crippen molar-refractivity contribution in [2.24, 2.45) is 0 Å². The van der Waals surface area contributed by atoms with Crippen LogP contribution in [0.3, 0.4) is 0 Å². The molecule has 2 aromatic rings. The molecule has 2 fully saturated rings. The summed E-state index contributed by atoms with van der Waals surface area (Å²) in [5, 5.41) is 0. The maximum absolute atomic E-state index is 13.2. The van der Waals surface area contributed by atoms with Crippen molar-refractivity contribution in [2.75, 3.05) is 31.1 Å². The topological polar surface area (TPSA) is 23.6 Å². The number of hydrogen-bond acceptors (Lipinski definition) is 3. The zero-order valence-electron chi connectivity index (χ0n) is 16.2. The van der Waals surface area contributed by atoms with Crippen LogP contribution in [0.4, 0.5) is 10.1 Å². The standard InChI is InChI=1S/C24H27FN2O/c25-18-5-7-19(8-6-18)26-13-15-27(16-14-26)20-9-11-24(12-10-20)17-23(28)21-3-1-2-4-22(21)24/h1-8,20H,9-17H2. The average Bonchev–Trinajstić information content (AvgIpc) is 3.01. The summed E-state index contributed by atoms with van der Waals surface area (Å²) in [6.45, 7) is 4.11. The Morgan fingerprint density at radius 1 is 0.893 bits per heavy atom. The van der Waals surface area contributed by atoms with Crippen LogP contribution in [0.25, 0.3) is 0 Å². The molecular formula is C24H27FN2O. The van der Waals surface area contributed by atoms with E-state index in [2.05, 4.69) is 21.9 Å². The number of piperazine rings is 1. The van der Waals surface area contributed by atoms with Crippen molar-refractivity contribution < 1.29 is 9.18 Å². The van der Waals surface area contributed by atoms with Crippen molar-refractivity contribution in [1.29, 1.82) is 0 Å². The average molecular weight is 378 g/mol. The summed E-state index contributed by atoms with van der Waals surface area (Å²) in [7, 11) is 0. The molecule has 1 spiro atoms. The molecule has 0 unspecified atom stereocenters. The Hall–Kier alpha value is -2.20. The lowest BCUT2D eigenvalue weighted by Crippen LogP contribution is -2.52. The predicted octanol–water partition coefficient (Wildman–Crippen LogP) is 4.41. The Morgan fingerprint density at radius 3 is 2.29 bits per heavy atom. The molecule has 2 aromatic carbocycles. The lowest BCUT2D eigenvalue weighted by atomic mass is 9.68. The van der Waals surface area contributed by atoms with E-state index in [0.29, 0.717) is 18.2 Å². The summed E-state index contributed by atoms with van der Waals surface area (Å²) in [4.78, 5) is 17.5. The van der Waals surface area contributed by atoms with Crippen LogP contribution in [-0.4, -0.2) is 42.9 Å². The third kappa shape index (κ3) is 3.04. The molecule has 4 heteroatoms. The van der Waals surface area contributed by atoms with E-state index in [1.807, 2.05) is 24.3 Å². The largest absolute Gasteiger partial charge is 0.369 e. The molecule has 3 aliphatic rings. The molecule has 0 N–H and O–H groups in total. The Kier molecular flexibility index (Phi) is 4.47. The molecule has 0 atom stereocenters. The number of halogens is 1. The number of carbonyl (C=O) groups is 1. The fourth-order valence-electron chi connectivity index (χ4n) is 5.65. The number of hydrogen-bond donors (Lipinski definition) is 0. The number of fused-ring (bicyclic) bond motifs is 2. The van der Waals surface area contributed by atoms with Crippen molar-refractivity contribution >= 4 is 11.5 Å². The zero-order valence-corrected chi connectivity index (χ0v) is 16.2. The van der Waals surface area contributed by atoms with E-state index in [1.165, 1.54) is 18.4 Å². The van der Waals surface area contributed by atoms with Gasteiger partial charge in [0, 0.05) is 55.3 Å². The van der Waals surface area contributed by atoms with E-state index in [1.54, 1.807) is 12.1 Å². The van der Waals surface area contributed by atoms with Crippen LogP contribution in [0.1, 0.15) is 48.0 Å². The number of nitrogens with zero attached hydrogens (tertiary/aromatic N) is 2. The lowest BCUT2D eigenvalue weighted by Gasteiger charge is -2.45. The Bertz CT molecular complexity index is 862. The minimum absolute atomic E-state index is 0.0973. The monoisotopic (exact) mass is 378 g/mol. The van der Waals surface area contributed by atoms with Gasteiger partial charge in [-0.1, -0.05) is 24.3 Å². The van der Waals surface area contributed by atoms with Crippen LogP contribution in [0.5, 0.6) is 0 Å². The molecule has 28 heavy (non-hydrogen) atoms. The summed E-state index contributed by atoms with van der Waals surface area (Å²) >= 11 is 0.